The Bertz CT molecular complexity index is 862. The third-order valence-electron chi connectivity index (χ3n) is 5.59. The first kappa shape index (κ1) is 14.0. The van der Waals surface area contributed by atoms with Crippen LogP contribution >= 0.6 is 0 Å². The first-order valence-electron chi connectivity index (χ1n) is 8.85. The molecule has 2 heterocycles. The Labute approximate surface area is 141 Å². The summed E-state index contributed by atoms with van der Waals surface area (Å²) in [4.78, 5) is 4.52. The topological polar surface area (TPSA) is 55.1 Å². The van der Waals surface area contributed by atoms with E-state index in [2.05, 4.69) is 55.2 Å². The molecule has 0 bridgehead atoms. The number of rotatable bonds is 5. The maximum absolute atomic E-state index is 4.52. The predicted octanol–water partition coefficient (Wildman–Crippen LogP) is 3.54. The monoisotopic (exact) mass is 319 g/mol. The van der Waals surface area contributed by atoms with Gasteiger partial charge >= 0.3 is 0 Å². The summed E-state index contributed by atoms with van der Waals surface area (Å²) in [5.41, 5.74) is 2.51. The minimum Gasteiger partial charge on any atom is -0.366 e. The van der Waals surface area contributed by atoms with Crippen LogP contribution in [0.5, 0.6) is 0 Å². The minimum absolute atomic E-state index is 0.231. The van der Waals surface area contributed by atoms with Crippen molar-refractivity contribution in [1.29, 1.82) is 0 Å². The quantitative estimate of drug-likeness (QED) is 0.781. The Morgan fingerprint density at radius 2 is 1.96 bits per heavy atom. The van der Waals surface area contributed by atoms with E-state index in [1.165, 1.54) is 37.7 Å². The number of fused-ring (bicyclic) bond motifs is 1. The van der Waals surface area contributed by atoms with Gasteiger partial charge in [-0.1, -0.05) is 36.8 Å². The average molecular weight is 319 g/mol. The van der Waals surface area contributed by atoms with Crippen molar-refractivity contribution in [3.63, 3.8) is 0 Å². The summed E-state index contributed by atoms with van der Waals surface area (Å²) in [6.45, 7) is 0.898. The van der Waals surface area contributed by atoms with Gasteiger partial charge in [-0.2, -0.15) is 0 Å². The molecule has 0 atom stereocenters. The Kier molecular flexibility index (Phi) is 3.08. The van der Waals surface area contributed by atoms with Gasteiger partial charge in [0, 0.05) is 30.3 Å². The van der Waals surface area contributed by atoms with Gasteiger partial charge < -0.3 is 5.32 Å². The molecule has 3 aromatic rings. The van der Waals surface area contributed by atoms with Crippen molar-refractivity contribution >= 4 is 11.5 Å². The van der Waals surface area contributed by atoms with E-state index in [1.807, 2.05) is 12.4 Å². The second-order valence-corrected chi connectivity index (χ2v) is 7.16. The van der Waals surface area contributed by atoms with Crippen molar-refractivity contribution in [2.75, 3.05) is 11.9 Å². The highest BCUT2D eigenvalue weighted by molar-refractivity contribution is 5.62. The molecule has 2 aliphatic rings. The molecule has 122 valence electrons. The van der Waals surface area contributed by atoms with Gasteiger partial charge in [0.25, 0.3) is 0 Å². The summed E-state index contributed by atoms with van der Waals surface area (Å²) in [5, 5.41) is 12.3. The molecule has 5 heteroatoms. The molecule has 1 aromatic carbocycles. The maximum atomic E-state index is 4.52. The summed E-state index contributed by atoms with van der Waals surface area (Å²) < 4.78 is 2.10. The lowest BCUT2D eigenvalue weighted by molar-refractivity contribution is 0.260. The van der Waals surface area contributed by atoms with Crippen LogP contribution in [0.1, 0.15) is 49.4 Å². The fraction of sp³-hybridized carbons (Fsp3) is 0.421. The van der Waals surface area contributed by atoms with E-state index in [0.29, 0.717) is 5.92 Å². The van der Waals surface area contributed by atoms with E-state index in [9.17, 15) is 0 Å². The van der Waals surface area contributed by atoms with Crippen molar-refractivity contribution in [3.8, 4) is 0 Å². The van der Waals surface area contributed by atoms with Crippen LogP contribution in [-0.2, 0) is 5.41 Å². The van der Waals surface area contributed by atoms with Crippen molar-refractivity contribution in [1.82, 2.24) is 19.6 Å². The van der Waals surface area contributed by atoms with Crippen LogP contribution in [0.4, 0.5) is 5.82 Å². The predicted molar refractivity (Wildman–Crippen MR) is 93.2 cm³/mol. The SMILES string of the molecule is c1ccc(C2(CNc3nccn4c(C5CC5)nnc34)CCC2)cc1. The zero-order valence-electron chi connectivity index (χ0n) is 13.7. The lowest BCUT2D eigenvalue weighted by Crippen LogP contribution is -2.41. The summed E-state index contributed by atoms with van der Waals surface area (Å²) in [6, 6.07) is 10.8. The van der Waals surface area contributed by atoms with Crippen molar-refractivity contribution in [3.05, 3.63) is 54.1 Å². The molecule has 0 amide bonds. The zero-order valence-corrected chi connectivity index (χ0v) is 13.7. The highest BCUT2D eigenvalue weighted by Gasteiger charge is 2.38. The molecule has 2 fully saturated rings. The number of benzene rings is 1. The van der Waals surface area contributed by atoms with Crippen LogP contribution in [-0.4, -0.2) is 26.1 Å². The van der Waals surface area contributed by atoms with E-state index in [4.69, 9.17) is 0 Å². The van der Waals surface area contributed by atoms with Gasteiger partial charge in [-0.15, -0.1) is 10.2 Å². The van der Waals surface area contributed by atoms with Gasteiger partial charge in [0.1, 0.15) is 5.82 Å². The van der Waals surface area contributed by atoms with Gasteiger partial charge in [0.15, 0.2) is 5.82 Å². The maximum Gasteiger partial charge on any atom is 0.203 e. The molecule has 2 aliphatic carbocycles. The van der Waals surface area contributed by atoms with Crippen LogP contribution in [0.2, 0.25) is 0 Å². The fourth-order valence-corrected chi connectivity index (χ4v) is 3.80. The Balaban J connectivity index is 1.43. The molecule has 2 aromatic heterocycles. The number of nitrogens with one attached hydrogen (secondary N) is 1. The standard InChI is InChI=1S/C19H21N5/c1-2-5-15(6-3-1)19(9-4-10-19)13-21-16-18-23-22-17(14-7-8-14)24(18)12-11-20-16/h1-3,5-6,11-12,14H,4,7-10,13H2,(H,20,21). The lowest BCUT2D eigenvalue weighted by Gasteiger charge is -2.42. The third-order valence-corrected chi connectivity index (χ3v) is 5.59. The van der Waals surface area contributed by atoms with Gasteiger partial charge in [-0.3, -0.25) is 4.40 Å². The molecular formula is C19H21N5. The van der Waals surface area contributed by atoms with Gasteiger partial charge in [-0.05, 0) is 31.2 Å². The van der Waals surface area contributed by atoms with Crippen LogP contribution in [0.15, 0.2) is 42.7 Å². The number of nitrogens with zero attached hydrogens (tertiary/aromatic N) is 4. The average Bonchev–Trinajstić information content (AvgIpc) is 3.34. The number of hydrogen-bond donors (Lipinski definition) is 1. The summed E-state index contributed by atoms with van der Waals surface area (Å²) in [6.07, 6.45) is 10.0. The van der Waals surface area contributed by atoms with Crippen molar-refractivity contribution in [2.24, 2.45) is 0 Å². The molecule has 0 unspecified atom stereocenters. The lowest BCUT2D eigenvalue weighted by atomic mass is 9.64. The van der Waals surface area contributed by atoms with Gasteiger partial charge in [-0.25, -0.2) is 4.98 Å². The molecule has 2 saturated carbocycles. The highest BCUT2D eigenvalue weighted by atomic mass is 15.3. The van der Waals surface area contributed by atoms with Crippen LogP contribution in [0.25, 0.3) is 5.65 Å². The van der Waals surface area contributed by atoms with Crippen LogP contribution in [0, 0.1) is 0 Å². The molecule has 0 spiro atoms. The Hall–Kier alpha value is -2.43. The molecule has 0 saturated heterocycles. The van der Waals surface area contributed by atoms with E-state index in [1.54, 1.807) is 0 Å². The van der Waals surface area contributed by atoms with E-state index in [0.717, 1.165) is 23.8 Å². The molecule has 5 rings (SSSR count). The number of aromatic nitrogens is 4. The molecule has 5 nitrogen and oxygen atoms in total. The first-order chi connectivity index (χ1) is 11.9. The molecule has 0 radical (unpaired) electrons. The third kappa shape index (κ3) is 2.19. The highest BCUT2D eigenvalue weighted by Crippen LogP contribution is 2.44. The van der Waals surface area contributed by atoms with Gasteiger partial charge in [0.05, 0.1) is 0 Å². The van der Waals surface area contributed by atoms with Crippen molar-refractivity contribution in [2.45, 2.75) is 43.4 Å². The number of hydrogen-bond acceptors (Lipinski definition) is 4. The zero-order chi connectivity index (χ0) is 16.0. The second kappa shape index (κ2) is 5.30. The van der Waals surface area contributed by atoms with Gasteiger partial charge in [0.2, 0.25) is 5.65 Å². The molecular weight excluding hydrogens is 298 g/mol. The molecule has 1 N–H and O–H groups in total. The number of anilines is 1. The fourth-order valence-electron chi connectivity index (χ4n) is 3.80. The van der Waals surface area contributed by atoms with Crippen LogP contribution < -0.4 is 5.32 Å². The Morgan fingerprint density at radius 1 is 1.12 bits per heavy atom. The van der Waals surface area contributed by atoms with Crippen molar-refractivity contribution < 1.29 is 0 Å². The normalized spacial score (nSPS) is 19.2. The molecule has 0 aliphatic heterocycles. The second-order valence-electron chi connectivity index (χ2n) is 7.16. The molecule has 24 heavy (non-hydrogen) atoms. The summed E-state index contributed by atoms with van der Waals surface area (Å²) in [5.74, 6) is 2.51. The smallest absolute Gasteiger partial charge is 0.203 e. The summed E-state index contributed by atoms with van der Waals surface area (Å²) >= 11 is 0. The largest absolute Gasteiger partial charge is 0.366 e. The van der Waals surface area contributed by atoms with E-state index in [-0.39, 0.29) is 5.41 Å². The summed E-state index contributed by atoms with van der Waals surface area (Å²) in [7, 11) is 0. The Morgan fingerprint density at radius 3 is 2.67 bits per heavy atom. The van der Waals surface area contributed by atoms with E-state index < -0.39 is 0 Å². The van der Waals surface area contributed by atoms with Crippen LogP contribution in [0.3, 0.4) is 0 Å². The first-order valence-corrected chi connectivity index (χ1v) is 8.85. The minimum atomic E-state index is 0.231. The van der Waals surface area contributed by atoms with E-state index >= 15 is 0 Å².